The third-order valence-corrected chi connectivity index (χ3v) is 13.4. The van der Waals surface area contributed by atoms with Crippen molar-refractivity contribution in [2.45, 2.75) is 105 Å². The van der Waals surface area contributed by atoms with Crippen LogP contribution in [0.2, 0.25) is 0 Å². The fraction of sp³-hybridized carbons (Fsp3) is 0.276. The van der Waals surface area contributed by atoms with Crippen molar-refractivity contribution in [2.75, 3.05) is 0 Å². The highest BCUT2D eigenvalue weighted by Crippen LogP contribution is 2.50. The molecule has 0 fully saturated rings. The summed E-state index contributed by atoms with van der Waals surface area (Å²) in [5.74, 6) is 0. The van der Waals surface area contributed by atoms with Crippen molar-refractivity contribution < 1.29 is 0 Å². The molecule has 0 aliphatic carbocycles. The van der Waals surface area contributed by atoms with E-state index in [0.29, 0.717) is 0 Å². The lowest BCUT2D eigenvalue weighted by Gasteiger charge is -2.24. The van der Waals surface area contributed by atoms with Gasteiger partial charge in [0.25, 0.3) is 0 Å². The highest BCUT2D eigenvalue weighted by molar-refractivity contribution is 6.45. The Kier molecular flexibility index (Phi) is 7.65. The van der Waals surface area contributed by atoms with Crippen LogP contribution in [0.4, 0.5) is 0 Å². The highest BCUT2D eigenvalue weighted by Gasteiger charge is 2.24. The molecule has 0 aliphatic heterocycles. The smallest absolute Gasteiger partial charge is 0.000741 e. The molecule has 10 aromatic carbocycles. The van der Waals surface area contributed by atoms with E-state index in [1.165, 1.54) is 119 Å². The molecular formula is C58H56. The zero-order valence-corrected chi connectivity index (χ0v) is 36.5. The maximum absolute atomic E-state index is 2.51. The van der Waals surface area contributed by atoms with E-state index in [1.807, 2.05) is 0 Å². The molecule has 0 aromatic heterocycles. The van der Waals surface area contributed by atoms with Gasteiger partial charge >= 0.3 is 0 Å². The average Bonchev–Trinajstić information content (AvgIpc) is 3.17. The van der Waals surface area contributed by atoms with Crippen LogP contribution in [0.15, 0.2) is 121 Å². The fourth-order valence-electron chi connectivity index (χ4n) is 9.88. The van der Waals surface area contributed by atoms with Crippen LogP contribution in [0.3, 0.4) is 0 Å². The van der Waals surface area contributed by atoms with Crippen LogP contribution >= 0.6 is 0 Å². The Balaban J connectivity index is 1.52. The third-order valence-electron chi connectivity index (χ3n) is 13.4. The molecule has 288 valence electrons. The molecule has 0 aliphatic rings. The molecule has 0 atom stereocenters. The Morgan fingerprint density at radius 2 is 0.431 bits per heavy atom. The summed E-state index contributed by atoms with van der Waals surface area (Å²) in [6.07, 6.45) is 0. The predicted octanol–water partition coefficient (Wildman–Crippen LogP) is 17.3. The van der Waals surface area contributed by atoms with Crippen molar-refractivity contribution in [3.63, 3.8) is 0 Å². The van der Waals surface area contributed by atoms with Gasteiger partial charge < -0.3 is 0 Å². The van der Waals surface area contributed by atoms with Gasteiger partial charge in [0.15, 0.2) is 0 Å². The Labute approximate surface area is 343 Å². The van der Waals surface area contributed by atoms with Crippen LogP contribution in [-0.4, -0.2) is 0 Å². The van der Waals surface area contributed by atoms with Crippen molar-refractivity contribution in [2.24, 2.45) is 0 Å². The largest absolute Gasteiger partial charge is 0.0579 e. The lowest BCUT2D eigenvalue weighted by molar-refractivity contribution is 0.591. The minimum absolute atomic E-state index is 0.0110. The second-order valence-electron chi connectivity index (χ2n) is 21.4. The molecule has 10 rings (SSSR count). The van der Waals surface area contributed by atoms with Gasteiger partial charge in [-0.25, -0.2) is 0 Å². The van der Waals surface area contributed by atoms with Gasteiger partial charge in [-0.05, 0) is 153 Å². The van der Waals surface area contributed by atoms with Crippen LogP contribution in [0.1, 0.15) is 105 Å². The van der Waals surface area contributed by atoms with Gasteiger partial charge in [-0.15, -0.1) is 0 Å². The summed E-state index contributed by atoms with van der Waals surface area (Å²) in [7, 11) is 0. The first kappa shape index (κ1) is 36.9. The van der Waals surface area contributed by atoms with Crippen LogP contribution in [0.25, 0.3) is 97.0 Å². The summed E-state index contributed by atoms with van der Waals surface area (Å²) in [4.78, 5) is 0. The van der Waals surface area contributed by atoms with Crippen LogP contribution in [0, 0.1) is 0 Å². The van der Waals surface area contributed by atoms with Crippen molar-refractivity contribution in [1.82, 2.24) is 0 Å². The fourth-order valence-corrected chi connectivity index (χ4v) is 9.88. The van der Waals surface area contributed by atoms with Crippen molar-refractivity contribution >= 4 is 97.0 Å². The van der Waals surface area contributed by atoms with Gasteiger partial charge in [0.1, 0.15) is 0 Å². The van der Waals surface area contributed by atoms with E-state index >= 15 is 0 Å². The molecule has 10 aromatic rings. The number of fused-ring (bicyclic) bond motifs is 19. The number of benzene rings is 10. The minimum atomic E-state index is 0.0110. The summed E-state index contributed by atoms with van der Waals surface area (Å²) in [5.41, 5.74) is 5.58. The Bertz CT molecular complexity index is 3170. The molecule has 0 saturated heterocycles. The van der Waals surface area contributed by atoms with Gasteiger partial charge in [0.05, 0.1) is 0 Å². The maximum atomic E-state index is 2.51. The number of rotatable bonds is 0. The molecular weight excluding hydrogens is 697 g/mol. The van der Waals surface area contributed by atoms with Gasteiger partial charge in [-0.2, -0.15) is 0 Å². The monoisotopic (exact) mass is 752 g/mol. The van der Waals surface area contributed by atoms with Crippen molar-refractivity contribution in [3.8, 4) is 0 Å². The predicted molar refractivity (Wildman–Crippen MR) is 259 cm³/mol. The molecule has 0 spiro atoms. The summed E-state index contributed by atoms with van der Waals surface area (Å²) in [6.45, 7) is 28.0. The number of hydrogen-bond acceptors (Lipinski definition) is 0. The third kappa shape index (κ3) is 5.47. The first-order valence-corrected chi connectivity index (χ1v) is 21.3. The molecule has 0 amide bonds. The molecule has 0 unspecified atom stereocenters. The number of hydrogen-bond donors (Lipinski definition) is 0. The normalized spacial score (nSPS) is 13.5. The van der Waals surface area contributed by atoms with Crippen LogP contribution in [0.5, 0.6) is 0 Å². The Morgan fingerprint density at radius 1 is 0.207 bits per heavy atom. The van der Waals surface area contributed by atoms with Gasteiger partial charge in [-0.3, -0.25) is 0 Å². The summed E-state index contributed by atoms with van der Waals surface area (Å²) >= 11 is 0. The minimum Gasteiger partial charge on any atom is -0.0579 e. The molecule has 0 nitrogen and oxygen atoms in total. The zero-order valence-electron chi connectivity index (χ0n) is 36.5. The Hall–Kier alpha value is -5.46. The van der Waals surface area contributed by atoms with E-state index in [2.05, 4.69) is 204 Å². The summed E-state index contributed by atoms with van der Waals surface area (Å²) in [6, 6.07) is 48.2. The maximum Gasteiger partial charge on any atom is -0.000741 e. The quantitative estimate of drug-likeness (QED) is 0.135. The second-order valence-corrected chi connectivity index (χ2v) is 21.4. The van der Waals surface area contributed by atoms with Crippen molar-refractivity contribution in [3.05, 3.63) is 144 Å². The van der Waals surface area contributed by atoms with E-state index in [9.17, 15) is 0 Å². The van der Waals surface area contributed by atoms with Gasteiger partial charge in [0.2, 0.25) is 0 Å². The lowest BCUT2D eigenvalue weighted by atomic mass is 9.79. The Morgan fingerprint density at radius 3 is 0.776 bits per heavy atom. The van der Waals surface area contributed by atoms with E-state index < -0.39 is 0 Å². The molecule has 0 saturated carbocycles. The van der Waals surface area contributed by atoms with Crippen LogP contribution in [-0.2, 0) is 21.7 Å². The molecule has 0 N–H and O–H groups in total. The first-order valence-electron chi connectivity index (χ1n) is 21.3. The van der Waals surface area contributed by atoms with Crippen molar-refractivity contribution in [1.29, 1.82) is 0 Å². The van der Waals surface area contributed by atoms with Crippen LogP contribution < -0.4 is 0 Å². The standard InChI is InChI=1S/C58H56/c1-55(2,3)35-17-13-33-15-21-41-39(47(33)29-35)25-27-43-49-31-37(57(7,8)9)20-24-46(49)54-52-42-22-16-34-14-18-36(56(4,5)6)30-48(34)40(42)26-28-44(52)50-32-38(58(10,11)12)19-23-45(50)53(54)51(41)43/h13-32H,1-12H3. The summed E-state index contributed by atoms with van der Waals surface area (Å²) < 4.78 is 0. The highest BCUT2D eigenvalue weighted by atomic mass is 14.3. The summed E-state index contributed by atoms with van der Waals surface area (Å²) in [5, 5.41) is 23.9. The average molecular weight is 753 g/mol. The van der Waals surface area contributed by atoms with E-state index in [-0.39, 0.29) is 21.7 Å². The van der Waals surface area contributed by atoms with E-state index in [1.54, 1.807) is 0 Å². The van der Waals surface area contributed by atoms with E-state index in [0.717, 1.165) is 0 Å². The second kappa shape index (κ2) is 12.0. The first-order chi connectivity index (χ1) is 27.3. The molecule has 58 heavy (non-hydrogen) atoms. The molecule has 0 radical (unpaired) electrons. The zero-order chi connectivity index (χ0) is 40.8. The molecule has 0 heteroatoms. The molecule has 0 bridgehead atoms. The molecule has 0 heterocycles. The van der Waals surface area contributed by atoms with Gasteiger partial charge in [0, 0.05) is 0 Å². The van der Waals surface area contributed by atoms with E-state index in [4.69, 9.17) is 0 Å². The van der Waals surface area contributed by atoms with Gasteiger partial charge in [-0.1, -0.05) is 192 Å². The lowest BCUT2D eigenvalue weighted by Crippen LogP contribution is -2.11. The topological polar surface area (TPSA) is 0 Å². The SMILES string of the molecule is CC(C)(C)c1ccc2ccc3c(ccc4c5cc(C(C)(C)C)ccc5c5c6c7ccc8ccc(C(C)(C)C)cc8c7ccc6c6cc(C(C)(C)C)ccc6c5c34)c2c1.